The van der Waals surface area contributed by atoms with Crippen molar-refractivity contribution in [3.8, 4) is 10.8 Å². The lowest BCUT2D eigenvalue weighted by Crippen LogP contribution is -2.39. The summed E-state index contributed by atoms with van der Waals surface area (Å²) in [6.45, 7) is 5.68. The highest BCUT2D eigenvalue weighted by molar-refractivity contribution is 7.13. The quantitative estimate of drug-likeness (QED) is 0.864. The molecule has 1 amide bonds. The Balaban J connectivity index is 1.68. The zero-order valence-electron chi connectivity index (χ0n) is 13.0. The molecule has 1 atom stereocenters. The van der Waals surface area contributed by atoms with Gasteiger partial charge in [0.05, 0.1) is 10.8 Å². The zero-order chi connectivity index (χ0) is 15.5. The Kier molecular flexibility index (Phi) is 4.57. The maximum atomic E-state index is 12.2. The Morgan fingerprint density at radius 3 is 3.09 bits per heavy atom. The van der Waals surface area contributed by atoms with Gasteiger partial charge in [-0.2, -0.15) is 0 Å². The molecule has 22 heavy (non-hydrogen) atoms. The molecule has 2 aromatic heterocycles. The molecule has 0 spiro atoms. The van der Waals surface area contributed by atoms with Gasteiger partial charge in [0.2, 0.25) is 11.8 Å². The second-order valence-corrected chi connectivity index (χ2v) is 7.15. The minimum Gasteiger partial charge on any atom is -0.420 e. The van der Waals surface area contributed by atoms with Gasteiger partial charge >= 0.3 is 0 Å². The minimum absolute atomic E-state index is 0.158. The maximum Gasteiger partial charge on any atom is 0.257 e. The molecule has 1 aliphatic heterocycles. The van der Waals surface area contributed by atoms with E-state index in [1.807, 2.05) is 22.4 Å². The lowest BCUT2D eigenvalue weighted by molar-refractivity contribution is -0.133. The molecule has 2 aromatic rings. The molecule has 3 rings (SSSR count). The first-order valence-electron chi connectivity index (χ1n) is 7.78. The van der Waals surface area contributed by atoms with Crippen LogP contribution in [0.2, 0.25) is 0 Å². The predicted molar refractivity (Wildman–Crippen MR) is 85.6 cm³/mol. The van der Waals surface area contributed by atoms with E-state index in [0.29, 0.717) is 30.7 Å². The fraction of sp³-hybridized carbons (Fsp3) is 0.562. The topological polar surface area (TPSA) is 59.2 Å². The summed E-state index contributed by atoms with van der Waals surface area (Å²) in [7, 11) is 0. The molecular weight excluding hydrogens is 298 g/mol. The van der Waals surface area contributed by atoms with Crippen molar-refractivity contribution < 1.29 is 9.21 Å². The van der Waals surface area contributed by atoms with Crippen LogP contribution in [0.4, 0.5) is 0 Å². The second-order valence-electron chi connectivity index (χ2n) is 6.20. The molecule has 0 bridgehead atoms. The van der Waals surface area contributed by atoms with E-state index in [-0.39, 0.29) is 11.8 Å². The Morgan fingerprint density at radius 1 is 1.50 bits per heavy atom. The minimum atomic E-state index is 0.158. The summed E-state index contributed by atoms with van der Waals surface area (Å²) in [5.74, 6) is 2.02. The number of nitrogens with zero attached hydrogens (tertiary/aromatic N) is 3. The van der Waals surface area contributed by atoms with Gasteiger partial charge in [0, 0.05) is 19.5 Å². The van der Waals surface area contributed by atoms with E-state index in [4.69, 9.17) is 4.42 Å². The monoisotopic (exact) mass is 319 g/mol. The van der Waals surface area contributed by atoms with Crippen molar-refractivity contribution in [3.63, 3.8) is 0 Å². The number of hydrogen-bond acceptors (Lipinski definition) is 5. The molecule has 1 fully saturated rings. The molecule has 0 saturated carbocycles. The molecule has 3 heterocycles. The van der Waals surface area contributed by atoms with Gasteiger partial charge in [0.1, 0.15) is 0 Å². The van der Waals surface area contributed by atoms with Crippen LogP contribution in [0.5, 0.6) is 0 Å². The lowest BCUT2D eigenvalue weighted by atomic mass is 9.97. The lowest BCUT2D eigenvalue weighted by Gasteiger charge is -2.31. The largest absolute Gasteiger partial charge is 0.420 e. The molecule has 118 valence electrons. The summed E-state index contributed by atoms with van der Waals surface area (Å²) in [6, 6.07) is 3.94. The number of rotatable bonds is 4. The first kappa shape index (κ1) is 15.2. The Bertz CT molecular complexity index is 621. The first-order chi connectivity index (χ1) is 10.6. The third-order valence-corrected chi connectivity index (χ3v) is 4.74. The molecule has 0 aliphatic carbocycles. The van der Waals surface area contributed by atoms with E-state index in [0.717, 1.165) is 24.3 Å². The van der Waals surface area contributed by atoms with E-state index < -0.39 is 0 Å². The van der Waals surface area contributed by atoms with Gasteiger partial charge in [-0.25, -0.2) is 0 Å². The van der Waals surface area contributed by atoms with Crippen molar-refractivity contribution in [2.24, 2.45) is 5.92 Å². The van der Waals surface area contributed by atoms with E-state index in [1.165, 1.54) is 0 Å². The average Bonchev–Trinajstić information content (AvgIpc) is 3.18. The van der Waals surface area contributed by atoms with Crippen LogP contribution < -0.4 is 0 Å². The fourth-order valence-corrected chi connectivity index (χ4v) is 3.43. The predicted octanol–water partition coefficient (Wildman–Crippen LogP) is 3.55. The van der Waals surface area contributed by atoms with E-state index in [9.17, 15) is 4.79 Å². The third-order valence-electron chi connectivity index (χ3n) is 3.88. The van der Waals surface area contributed by atoms with Crippen LogP contribution in [0, 0.1) is 5.92 Å². The molecule has 0 aromatic carbocycles. The van der Waals surface area contributed by atoms with E-state index in [1.54, 1.807) is 11.3 Å². The highest BCUT2D eigenvalue weighted by Gasteiger charge is 2.28. The van der Waals surface area contributed by atoms with Gasteiger partial charge in [0.15, 0.2) is 0 Å². The van der Waals surface area contributed by atoms with Crippen LogP contribution in [-0.2, 0) is 4.79 Å². The summed E-state index contributed by atoms with van der Waals surface area (Å²) in [5, 5.41) is 10.3. The zero-order valence-corrected chi connectivity index (χ0v) is 13.8. The summed E-state index contributed by atoms with van der Waals surface area (Å²) in [6.07, 6.45) is 2.60. The van der Waals surface area contributed by atoms with Crippen molar-refractivity contribution >= 4 is 17.2 Å². The van der Waals surface area contributed by atoms with Crippen molar-refractivity contribution in [3.05, 3.63) is 23.4 Å². The summed E-state index contributed by atoms with van der Waals surface area (Å²) in [4.78, 5) is 15.2. The number of thiophene rings is 1. The molecule has 1 unspecified atom stereocenters. The first-order valence-corrected chi connectivity index (χ1v) is 8.66. The number of hydrogen-bond donors (Lipinski definition) is 0. The number of carbonyl (C=O) groups is 1. The maximum absolute atomic E-state index is 12.2. The van der Waals surface area contributed by atoms with Gasteiger partial charge < -0.3 is 9.32 Å². The van der Waals surface area contributed by atoms with Crippen LogP contribution in [0.15, 0.2) is 21.9 Å². The second kappa shape index (κ2) is 6.60. The van der Waals surface area contributed by atoms with Crippen LogP contribution in [0.1, 0.15) is 44.9 Å². The number of likely N-dealkylation sites (tertiary alicyclic amines) is 1. The highest BCUT2D eigenvalue weighted by Crippen LogP contribution is 2.30. The Morgan fingerprint density at radius 2 is 2.36 bits per heavy atom. The highest BCUT2D eigenvalue weighted by atomic mass is 32.1. The van der Waals surface area contributed by atoms with Crippen molar-refractivity contribution in [2.75, 3.05) is 13.1 Å². The van der Waals surface area contributed by atoms with Crippen LogP contribution in [-0.4, -0.2) is 34.1 Å². The third kappa shape index (κ3) is 3.38. The van der Waals surface area contributed by atoms with Gasteiger partial charge in [-0.3, -0.25) is 4.79 Å². The normalized spacial score (nSPS) is 18.9. The average molecular weight is 319 g/mol. The van der Waals surface area contributed by atoms with Gasteiger partial charge in [0.25, 0.3) is 5.89 Å². The molecule has 0 radical (unpaired) electrons. The smallest absolute Gasteiger partial charge is 0.257 e. The van der Waals surface area contributed by atoms with Gasteiger partial charge in [-0.1, -0.05) is 19.9 Å². The molecule has 0 N–H and O–H groups in total. The van der Waals surface area contributed by atoms with E-state index >= 15 is 0 Å². The standard InChI is InChI=1S/C16H21N3O2S/c1-11(2)9-14(20)19-7-3-5-12(10-19)15-17-18-16(21-15)13-6-4-8-22-13/h4,6,8,11-12H,3,5,7,9-10H2,1-2H3. The number of aromatic nitrogens is 2. The summed E-state index contributed by atoms with van der Waals surface area (Å²) in [5.41, 5.74) is 0. The van der Waals surface area contributed by atoms with Crippen molar-refractivity contribution in [2.45, 2.75) is 39.0 Å². The van der Waals surface area contributed by atoms with E-state index in [2.05, 4.69) is 24.0 Å². The number of piperidine rings is 1. The summed E-state index contributed by atoms with van der Waals surface area (Å²) >= 11 is 1.59. The van der Waals surface area contributed by atoms with Crippen LogP contribution in [0.3, 0.4) is 0 Å². The Hall–Kier alpha value is -1.69. The number of amides is 1. The molecule has 5 nitrogen and oxygen atoms in total. The number of carbonyl (C=O) groups excluding carboxylic acids is 1. The molecule has 1 aliphatic rings. The molecule has 6 heteroatoms. The Labute approximate surface area is 134 Å². The van der Waals surface area contributed by atoms with Crippen molar-refractivity contribution in [1.29, 1.82) is 0 Å². The molecular formula is C16H21N3O2S. The van der Waals surface area contributed by atoms with Crippen molar-refractivity contribution in [1.82, 2.24) is 15.1 Å². The van der Waals surface area contributed by atoms with Gasteiger partial charge in [-0.15, -0.1) is 21.5 Å². The molecule has 1 saturated heterocycles. The fourth-order valence-electron chi connectivity index (χ4n) is 2.78. The van der Waals surface area contributed by atoms with Crippen LogP contribution in [0.25, 0.3) is 10.8 Å². The SMILES string of the molecule is CC(C)CC(=O)N1CCCC(c2nnc(-c3cccs3)o2)C1. The van der Waals surface area contributed by atoms with Crippen LogP contribution >= 0.6 is 11.3 Å². The van der Waals surface area contributed by atoms with Gasteiger partial charge in [-0.05, 0) is 30.2 Å². The summed E-state index contributed by atoms with van der Waals surface area (Å²) < 4.78 is 5.83.